The third-order valence-electron chi connectivity index (χ3n) is 5.74. The minimum atomic E-state index is 0.160. The van der Waals surface area contributed by atoms with Crippen LogP contribution in [0.4, 0.5) is 11.6 Å². The second-order valence-corrected chi connectivity index (χ2v) is 7.70. The Balaban J connectivity index is 1.30. The van der Waals surface area contributed by atoms with E-state index >= 15 is 0 Å². The fraction of sp³-hybridized carbons (Fsp3) is 0.500. The Bertz CT molecular complexity index is 860. The Morgan fingerprint density at radius 2 is 1.60 bits per heavy atom. The van der Waals surface area contributed by atoms with Crippen molar-refractivity contribution in [2.24, 2.45) is 0 Å². The zero-order valence-electron chi connectivity index (χ0n) is 17.7. The van der Waals surface area contributed by atoms with Gasteiger partial charge in [0.25, 0.3) is 0 Å². The molecule has 4 rings (SSSR count). The van der Waals surface area contributed by atoms with Crippen molar-refractivity contribution >= 4 is 17.5 Å². The molecule has 0 saturated carbocycles. The predicted molar refractivity (Wildman–Crippen MR) is 115 cm³/mol. The average Bonchev–Trinajstić information content (AvgIpc) is 2.80. The van der Waals surface area contributed by atoms with Gasteiger partial charge >= 0.3 is 0 Å². The maximum atomic E-state index is 12.7. The molecule has 2 fully saturated rings. The van der Waals surface area contributed by atoms with Crippen LogP contribution in [0.2, 0.25) is 0 Å². The minimum absolute atomic E-state index is 0.160. The lowest BCUT2D eigenvalue weighted by atomic mass is 10.1. The summed E-state index contributed by atoms with van der Waals surface area (Å²) in [6.45, 7) is 8.08. The third kappa shape index (κ3) is 4.64. The molecule has 0 bridgehead atoms. The van der Waals surface area contributed by atoms with Gasteiger partial charge in [-0.3, -0.25) is 4.79 Å². The highest BCUT2D eigenvalue weighted by molar-refractivity contribution is 5.79. The molecule has 1 amide bonds. The number of aromatic nitrogens is 2. The molecule has 0 atom stereocenters. The van der Waals surface area contributed by atoms with E-state index in [9.17, 15) is 4.79 Å². The van der Waals surface area contributed by atoms with E-state index in [4.69, 9.17) is 9.47 Å². The van der Waals surface area contributed by atoms with E-state index in [1.165, 1.54) is 0 Å². The van der Waals surface area contributed by atoms with E-state index in [0.29, 0.717) is 19.5 Å². The Morgan fingerprint density at radius 1 is 0.967 bits per heavy atom. The molecule has 2 aliphatic heterocycles. The molecule has 2 aliphatic rings. The van der Waals surface area contributed by atoms with Gasteiger partial charge in [-0.1, -0.05) is 12.1 Å². The number of aryl methyl sites for hydroxylation is 1. The molecule has 0 unspecified atom stereocenters. The molecule has 2 saturated heterocycles. The first kappa shape index (κ1) is 20.4. The van der Waals surface area contributed by atoms with Crippen molar-refractivity contribution in [1.29, 1.82) is 0 Å². The Labute approximate surface area is 177 Å². The molecular formula is C22H29N5O3. The summed E-state index contributed by atoms with van der Waals surface area (Å²) in [6, 6.07) is 9.96. The number of rotatable bonds is 5. The highest BCUT2D eigenvalue weighted by Gasteiger charge is 2.23. The quantitative estimate of drug-likeness (QED) is 0.739. The number of methoxy groups -OCH3 is 1. The number of anilines is 2. The van der Waals surface area contributed by atoms with Crippen molar-refractivity contribution in [1.82, 2.24) is 15.1 Å². The molecule has 160 valence electrons. The number of morpholine rings is 1. The van der Waals surface area contributed by atoms with Gasteiger partial charge in [0.05, 0.1) is 26.7 Å². The summed E-state index contributed by atoms with van der Waals surface area (Å²) < 4.78 is 10.7. The van der Waals surface area contributed by atoms with Gasteiger partial charge in [0.15, 0.2) is 11.6 Å². The minimum Gasteiger partial charge on any atom is -0.496 e. The van der Waals surface area contributed by atoms with Crippen LogP contribution in [0, 0.1) is 6.92 Å². The molecule has 8 heteroatoms. The molecule has 1 aromatic carbocycles. The van der Waals surface area contributed by atoms with Gasteiger partial charge in [-0.2, -0.15) is 0 Å². The third-order valence-corrected chi connectivity index (χ3v) is 5.74. The topological polar surface area (TPSA) is 71.0 Å². The summed E-state index contributed by atoms with van der Waals surface area (Å²) in [7, 11) is 1.66. The van der Waals surface area contributed by atoms with Crippen LogP contribution < -0.4 is 14.5 Å². The van der Waals surface area contributed by atoms with Crippen LogP contribution in [0.15, 0.2) is 30.3 Å². The van der Waals surface area contributed by atoms with Crippen LogP contribution in [0.3, 0.4) is 0 Å². The molecule has 1 aromatic heterocycles. The zero-order valence-corrected chi connectivity index (χ0v) is 17.7. The van der Waals surface area contributed by atoms with Gasteiger partial charge in [0.1, 0.15) is 5.75 Å². The van der Waals surface area contributed by atoms with Gasteiger partial charge in [0.2, 0.25) is 5.91 Å². The van der Waals surface area contributed by atoms with Crippen molar-refractivity contribution in [2.45, 2.75) is 13.3 Å². The summed E-state index contributed by atoms with van der Waals surface area (Å²) in [5.41, 5.74) is 2.07. The van der Waals surface area contributed by atoms with Gasteiger partial charge < -0.3 is 24.2 Å². The molecule has 0 N–H and O–H groups in total. The molecule has 8 nitrogen and oxygen atoms in total. The summed E-state index contributed by atoms with van der Waals surface area (Å²) in [5.74, 6) is 2.77. The number of piperazine rings is 1. The van der Waals surface area contributed by atoms with Crippen LogP contribution >= 0.6 is 0 Å². The van der Waals surface area contributed by atoms with Gasteiger partial charge in [0, 0.05) is 39.3 Å². The maximum absolute atomic E-state index is 12.7. The highest BCUT2D eigenvalue weighted by Crippen LogP contribution is 2.20. The lowest BCUT2D eigenvalue weighted by molar-refractivity contribution is -0.130. The lowest BCUT2D eigenvalue weighted by Crippen LogP contribution is -2.49. The van der Waals surface area contributed by atoms with E-state index in [0.717, 1.165) is 67.9 Å². The number of hydrogen-bond donors (Lipinski definition) is 0. The Kier molecular flexibility index (Phi) is 6.32. The van der Waals surface area contributed by atoms with Crippen molar-refractivity contribution in [3.8, 4) is 5.75 Å². The van der Waals surface area contributed by atoms with Gasteiger partial charge in [-0.25, -0.2) is 0 Å². The van der Waals surface area contributed by atoms with E-state index in [-0.39, 0.29) is 5.91 Å². The average molecular weight is 412 g/mol. The summed E-state index contributed by atoms with van der Waals surface area (Å²) in [5, 5.41) is 8.82. The van der Waals surface area contributed by atoms with E-state index in [1.807, 2.05) is 42.2 Å². The normalized spacial score (nSPS) is 17.2. The standard InChI is InChI=1S/C22H29N5O3/c1-17-15-18(3-4-19(17)29-2)16-22(28)27-9-7-25(8-10-27)20-5-6-21(24-23-20)26-11-13-30-14-12-26/h3-6,15H,7-14,16H2,1-2H3. The summed E-state index contributed by atoms with van der Waals surface area (Å²) in [6.07, 6.45) is 0.416. The number of carbonyl (C=O) groups excluding carboxylic acids is 1. The van der Waals surface area contributed by atoms with Crippen molar-refractivity contribution < 1.29 is 14.3 Å². The highest BCUT2D eigenvalue weighted by atomic mass is 16.5. The zero-order chi connectivity index (χ0) is 20.9. The van der Waals surface area contributed by atoms with Crippen LogP contribution in [0.25, 0.3) is 0 Å². The van der Waals surface area contributed by atoms with Crippen LogP contribution in [0.5, 0.6) is 5.75 Å². The molecule has 3 heterocycles. The molecule has 0 aliphatic carbocycles. The first-order valence-electron chi connectivity index (χ1n) is 10.5. The molecule has 2 aromatic rings. The van der Waals surface area contributed by atoms with Crippen molar-refractivity contribution in [3.05, 3.63) is 41.5 Å². The number of benzene rings is 1. The first-order valence-corrected chi connectivity index (χ1v) is 10.5. The molecular weight excluding hydrogens is 382 g/mol. The predicted octanol–water partition coefficient (Wildman–Crippen LogP) is 1.52. The number of nitrogens with zero attached hydrogens (tertiary/aromatic N) is 5. The van der Waals surface area contributed by atoms with Crippen LogP contribution in [0.1, 0.15) is 11.1 Å². The smallest absolute Gasteiger partial charge is 0.227 e. The van der Waals surface area contributed by atoms with Gasteiger partial charge in [-0.15, -0.1) is 10.2 Å². The Hall–Kier alpha value is -2.87. The van der Waals surface area contributed by atoms with Crippen LogP contribution in [-0.4, -0.2) is 80.6 Å². The van der Waals surface area contributed by atoms with Crippen molar-refractivity contribution in [2.75, 3.05) is 69.4 Å². The fourth-order valence-electron chi connectivity index (χ4n) is 3.97. The second kappa shape index (κ2) is 9.30. The molecule has 0 radical (unpaired) electrons. The largest absolute Gasteiger partial charge is 0.496 e. The monoisotopic (exact) mass is 411 g/mol. The number of ether oxygens (including phenoxy) is 2. The summed E-state index contributed by atoms with van der Waals surface area (Å²) >= 11 is 0. The number of carbonyl (C=O) groups is 1. The Morgan fingerprint density at radius 3 is 2.17 bits per heavy atom. The van der Waals surface area contributed by atoms with E-state index < -0.39 is 0 Å². The van der Waals surface area contributed by atoms with Crippen molar-refractivity contribution in [3.63, 3.8) is 0 Å². The summed E-state index contributed by atoms with van der Waals surface area (Å²) in [4.78, 5) is 19.0. The van der Waals surface area contributed by atoms with E-state index in [1.54, 1.807) is 7.11 Å². The van der Waals surface area contributed by atoms with Gasteiger partial charge in [-0.05, 0) is 36.2 Å². The second-order valence-electron chi connectivity index (χ2n) is 7.70. The SMILES string of the molecule is COc1ccc(CC(=O)N2CCN(c3ccc(N4CCOCC4)nn3)CC2)cc1C. The molecule has 30 heavy (non-hydrogen) atoms. The fourth-order valence-corrected chi connectivity index (χ4v) is 3.97. The number of hydrogen-bond acceptors (Lipinski definition) is 7. The lowest BCUT2D eigenvalue weighted by Gasteiger charge is -2.35. The van der Waals surface area contributed by atoms with E-state index in [2.05, 4.69) is 20.0 Å². The molecule has 0 spiro atoms. The maximum Gasteiger partial charge on any atom is 0.227 e. The first-order chi connectivity index (χ1) is 14.6. The number of amides is 1. The van der Waals surface area contributed by atoms with Crippen LogP contribution in [-0.2, 0) is 16.0 Å².